The quantitative estimate of drug-likeness (QED) is 0.913. The fraction of sp³-hybridized carbons (Fsp3) is 0.846. The molecule has 6 heteroatoms. The maximum atomic E-state index is 13.1. The first-order valence-corrected chi connectivity index (χ1v) is 6.96. The third-order valence-electron chi connectivity index (χ3n) is 4.38. The first-order chi connectivity index (χ1) is 9.07. The van der Waals surface area contributed by atoms with Gasteiger partial charge in [0.15, 0.2) is 0 Å². The molecule has 0 saturated heterocycles. The summed E-state index contributed by atoms with van der Waals surface area (Å²) in [4.78, 5) is 0. The summed E-state index contributed by atoms with van der Waals surface area (Å²) < 4.78 is 27.9. The van der Waals surface area contributed by atoms with Crippen LogP contribution in [0.5, 0.6) is 0 Å². The van der Waals surface area contributed by atoms with Crippen molar-refractivity contribution in [3.63, 3.8) is 0 Å². The molecule has 1 heterocycles. The molecule has 19 heavy (non-hydrogen) atoms. The topological polar surface area (TPSA) is 50.9 Å². The van der Waals surface area contributed by atoms with E-state index in [-0.39, 0.29) is 25.4 Å². The van der Waals surface area contributed by atoms with Gasteiger partial charge in [-0.25, -0.2) is 8.78 Å². The molecule has 0 spiro atoms. The average molecular weight is 271 g/mol. The lowest BCUT2D eigenvalue weighted by atomic mass is 9.87. The van der Waals surface area contributed by atoms with Crippen LogP contribution >= 0.6 is 0 Å². The largest absolute Gasteiger partial charge is 0.396 e. The summed E-state index contributed by atoms with van der Waals surface area (Å²) >= 11 is 0. The number of aliphatic hydroxyl groups is 1. The number of alkyl halides is 2. The Hall–Kier alpha value is -1.04. The van der Waals surface area contributed by atoms with Crippen LogP contribution in [0.2, 0.25) is 0 Å². The predicted octanol–water partition coefficient (Wildman–Crippen LogP) is 2.20. The van der Waals surface area contributed by atoms with E-state index in [1.165, 1.54) is 0 Å². The molecule has 4 nitrogen and oxygen atoms in total. The van der Waals surface area contributed by atoms with Crippen molar-refractivity contribution < 1.29 is 13.9 Å². The van der Waals surface area contributed by atoms with E-state index < -0.39 is 5.92 Å². The van der Waals surface area contributed by atoms with E-state index in [4.69, 9.17) is 5.11 Å². The van der Waals surface area contributed by atoms with Crippen molar-refractivity contribution in [3.05, 3.63) is 11.9 Å². The summed E-state index contributed by atoms with van der Waals surface area (Å²) in [5.41, 5.74) is 0.931. The van der Waals surface area contributed by atoms with Gasteiger partial charge in [-0.05, 0) is 31.1 Å². The van der Waals surface area contributed by atoms with Crippen molar-refractivity contribution in [2.75, 3.05) is 6.61 Å². The van der Waals surface area contributed by atoms with Crippen LogP contribution in [0.1, 0.15) is 43.7 Å². The number of nitrogens with zero attached hydrogens (tertiary/aromatic N) is 3. The van der Waals surface area contributed by atoms with Crippen molar-refractivity contribution in [3.8, 4) is 0 Å². The molecule has 3 rings (SSSR count). The molecule has 106 valence electrons. The van der Waals surface area contributed by atoms with Crippen molar-refractivity contribution in [1.29, 1.82) is 0 Å². The summed E-state index contributed by atoms with van der Waals surface area (Å²) in [7, 11) is 0. The highest BCUT2D eigenvalue weighted by molar-refractivity contribution is 5.13. The number of aromatic nitrogens is 3. The Morgan fingerprint density at radius 2 is 2.11 bits per heavy atom. The van der Waals surface area contributed by atoms with Crippen LogP contribution in [-0.4, -0.2) is 32.6 Å². The normalized spacial score (nSPS) is 30.5. The zero-order valence-electron chi connectivity index (χ0n) is 10.8. The Bertz CT molecular complexity index is 439. The standard InChI is InChI=1S/C13H19F2N3O/c14-13(15)3-1-9(2-4-13)6-18-7-12(16-17-18)11-5-10(11)8-19/h7,9-11,19H,1-6,8H2/t10-,11-/m0/s1. The Labute approximate surface area is 110 Å². The number of aliphatic hydroxyl groups excluding tert-OH is 1. The second-order valence-electron chi connectivity index (χ2n) is 5.95. The third kappa shape index (κ3) is 2.94. The van der Waals surface area contributed by atoms with Gasteiger partial charge in [0.05, 0.1) is 5.69 Å². The summed E-state index contributed by atoms with van der Waals surface area (Å²) in [6.07, 6.45) is 4.00. The molecule has 2 aliphatic rings. The summed E-state index contributed by atoms with van der Waals surface area (Å²) in [6.45, 7) is 0.884. The molecule has 0 aromatic carbocycles. The lowest BCUT2D eigenvalue weighted by Crippen LogP contribution is -2.26. The van der Waals surface area contributed by atoms with Gasteiger partial charge in [-0.15, -0.1) is 5.10 Å². The second-order valence-corrected chi connectivity index (χ2v) is 5.95. The molecule has 1 N–H and O–H groups in total. The maximum Gasteiger partial charge on any atom is 0.248 e. The Kier molecular flexibility index (Phi) is 3.28. The van der Waals surface area contributed by atoms with Crippen LogP contribution in [0.4, 0.5) is 8.78 Å². The fourth-order valence-corrected chi connectivity index (χ4v) is 2.93. The average Bonchev–Trinajstić information content (AvgIpc) is 3.04. The summed E-state index contributed by atoms with van der Waals surface area (Å²) in [6, 6.07) is 0. The second kappa shape index (κ2) is 4.81. The SMILES string of the molecule is OC[C@@H]1C[C@@H]1c1cn(CC2CCC(F)(F)CC2)nn1. The van der Waals surface area contributed by atoms with Gasteiger partial charge in [-0.3, -0.25) is 4.68 Å². The first-order valence-electron chi connectivity index (χ1n) is 6.96. The smallest absolute Gasteiger partial charge is 0.248 e. The summed E-state index contributed by atoms with van der Waals surface area (Å²) in [5.74, 6) is -1.51. The first kappa shape index (κ1) is 13.0. The molecule has 0 aliphatic heterocycles. The van der Waals surface area contributed by atoms with E-state index in [0.29, 0.717) is 31.2 Å². The molecule has 2 aliphatic carbocycles. The molecule has 1 aromatic rings. The molecular weight excluding hydrogens is 252 g/mol. The van der Waals surface area contributed by atoms with E-state index in [2.05, 4.69) is 10.3 Å². The van der Waals surface area contributed by atoms with Crippen LogP contribution in [0.15, 0.2) is 6.20 Å². The molecule has 1 aromatic heterocycles. The molecule has 2 fully saturated rings. The van der Waals surface area contributed by atoms with Crippen molar-refractivity contribution in [1.82, 2.24) is 15.0 Å². The van der Waals surface area contributed by atoms with E-state index in [1.54, 1.807) is 4.68 Å². The van der Waals surface area contributed by atoms with E-state index >= 15 is 0 Å². The molecule has 2 atom stereocenters. The minimum Gasteiger partial charge on any atom is -0.396 e. The predicted molar refractivity (Wildman–Crippen MR) is 64.9 cm³/mol. The maximum absolute atomic E-state index is 13.1. The van der Waals surface area contributed by atoms with Gasteiger partial charge in [0.1, 0.15) is 0 Å². The van der Waals surface area contributed by atoms with Crippen molar-refractivity contribution in [2.45, 2.75) is 50.5 Å². The lowest BCUT2D eigenvalue weighted by Gasteiger charge is -2.27. The summed E-state index contributed by atoms with van der Waals surface area (Å²) in [5, 5.41) is 17.2. The van der Waals surface area contributed by atoms with Gasteiger partial charge < -0.3 is 5.11 Å². The monoisotopic (exact) mass is 271 g/mol. The van der Waals surface area contributed by atoms with Crippen LogP contribution in [0, 0.1) is 11.8 Å². The van der Waals surface area contributed by atoms with Gasteiger partial charge in [-0.1, -0.05) is 5.21 Å². The van der Waals surface area contributed by atoms with Crippen LogP contribution in [0.3, 0.4) is 0 Å². The Morgan fingerprint density at radius 3 is 2.74 bits per heavy atom. The van der Waals surface area contributed by atoms with Crippen LogP contribution in [-0.2, 0) is 6.54 Å². The molecule has 2 saturated carbocycles. The van der Waals surface area contributed by atoms with E-state index in [9.17, 15) is 8.78 Å². The van der Waals surface area contributed by atoms with Gasteiger partial charge in [0, 0.05) is 38.1 Å². The molecule has 0 amide bonds. The number of halogens is 2. The molecular formula is C13H19F2N3O. The zero-order valence-corrected chi connectivity index (χ0v) is 10.8. The fourth-order valence-electron chi connectivity index (χ4n) is 2.93. The van der Waals surface area contributed by atoms with Crippen molar-refractivity contribution in [2.24, 2.45) is 11.8 Å². The van der Waals surface area contributed by atoms with Gasteiger partial charge >= 0.3 is 0 Å². The van der Waals surface area contributed by atoms with Gasteiger partial charge in [-0.2, -0.15) is 0 Å². The number of hydrogen-bond donors (Lipinski definition) is 1. The molecule has 0 unspecified atom stereocenters. The highest BCUT2D eigenvalue weighted by Crippen LogP contribution is 2.46. The number of hydrogen-bond acceptors (Lipinski definition) is 3. The Balaban J connectivity index is 1.54. The Morgan fingerprint density at radius 1 is 1.37 bits per heavy atom. The van der Waals surface area contributed by atoms with E-state index in [1.807, 2.05) is 6.20 Å². The van der Waals surface area contributed by atoms with Crippen LogP contribution in [0.25, 0.3) is 0 Å². The van der Waals surface area contributed by atoms with Gasteiger partial charge in [0.25, 0.3) is 0 Å². The lowest BCUT2D eigenvalue weighted by molar-refractivity contribution is -0.0476. The molecule has 0 bridgehead atoms. The van der Waals surface area contributed by atoms with Gasteiger partial charge in [0.2, 0.25) is 5.92 Å². The van der Waals surface area contributed by atoms with E-state index in [0.717, 1.165) is 12.1 Å². The molecule has 0 radical (unpaired) electrons. The highest BCUT2D eigenvalue weighted by atomic mass is 19.3. The zero-order chi connectivity index (χ0) is 13.5. The number of rotatable bonds is 4. The van der Waals surface area contributed by atoms with Crippen LogP contribution < -0.4 is 0 Å². The minimum absolute atomic E-state index is 0.00552. The van der Waals surface area contributed by atoms with Crippen molar-refractivity contribution >= 4 is 0 Å². The third-order valence-corrected chi connectivity index (χ3v) is 4.38. The highest BCUT2D eigenvalue weighted by Gasteiger charge is 2.40. The minimum atomic E-state index is -2.47.